The van der Waals surface area contributed by atoms with Crippen LogP contribution >= 0.6 is 0 Å². The number of carbonyl (C=O) groups is 2. The number of hydrogen-bond acceptors (Lipinski definition) is 4. The quantitative estimate of drug-likeness (QED) is 0.407. The Bertz CT molecular complexity index is 1340. The van der Waals surface area contributed by atoms with Gasteiger partial charge in [-0.15, -0.1) is 0 Å². The number of aryl methyl sites for hydroxylation is 2. The molecular weight excluding hydrogens is 426 g/mol. The maximum absolute atomic E-state index is 13.4. The van der Waals surface area contributed by atoms with Crippen LogP contribution in [0.5, 0.6) is 0 Å². The van der Waals surface area contributed by atoms with E-state index in [1.807, 2.05) is 58.0 Å². The molecule has 4 aromatic rings. The predicted molar refractivity (Wildman–Crippen MR) is 135 cm³/mol. The van der Waals surface area contributed by atoms with Crippen molar-refractivity contribution in [3.8, 4) is 11.3 Å². The van der Waals surface area contributed by atoms with Gasteiger partial charge in [-0.3, -0.25) is 9.59 Å². The zero-order chi connectivity index (χ0) is 24.2. The van der Waals surface area contributed by atoms with E-state index in [1.165, 1.54) is 0 Å². The Morgan fingerprint density at radius 1 is 1.03 bits per heavy atom. The lowest BCUT2D eigenvalue weighted by molar-refractivity contribution is 0.0948. The van der Waals surface area contributed by atoms with Gasteiger partial charge in [-0.2, -0.15) is 5.10 Å². The maximum atomic E-state index is 13.4. The van der Waals surface area contributed by atoms with Gasteiger partial charge in [0.1, 0.15) is 0 Å². The van der Waals surface area contributed by atoms with Crippen molar-refractivity contribution < 1.29 is 9.59 Å². The second-order valence-electron chi connectivity index (χ2n) is 8.71. The van der Waals surface area contributed by atoms with Gasteiger partial charge in [-0.1, -0.05) is 44.2 Å². The van der Waals surface area contributed by atoms with E-state index < -0.39 is 0 Å². The number of nitrogens with zero attached hydrogens (tertiary/aromatic N) is 3. The van der Waals surface area contributed by atoms with Crippen molar-refractivity contribution in [1.82, 2.24) is 20.1 Å². The fourth-order valence-corrected chi connectivity index (χ4v) is 3.76. The van der Waals surface area contributed by atoms with Gasteiger partial charge < -0.3 is 10.6 Å². The average molecular weight is 456 g/mol. The lowest BCUT2D eigenvalue weighted by Gasteiger charge is -2.13. The fourth-order valence-electron chi connectivity index (χ4n) is 3.76. The molecule has 2 aromatic heterocycles. The zero-order valence-corrected chi connectivity index (χ0v) is 19.9. The zero-order valence-electron chi connectivity index (χ0n) is 19.9. The molecule has 7 heteroatoms. The summed E-state index contributed by atoms with van der Waals surface area (Å²) in [4.78, 5) is 30.6. The van der Waals surface area contributed by atoms with Crippen LogP contribution in [0.4, 0.5) is 5.69 Å². The van der Waals surface area contributed by atoms with E-state index in [-0.39, 0.29) is 11.8 Å². The molecule has 2 N–H and O–H groups in total. The molecule has 4 rings (SSSR count). The molecule has 0 fully saturated rings. The van der Waals surface area contributed by atoms with Crippen LogP contribution in [-0.4, -0.2) is 33.1 Å². The number of fused-ring (bicyclic) bond motifs is 1. The summed E-state index contributed by atoms with van der Waals surface area (Å²) in [7, 11) is 0. The molecule has 0 unspecified atom stereocenters. The maximum Gasteiger partial charge on any atom is 0.256 e. The van der Waals surface area contributed by atoms with E-state index in [4.69, 9.17) is 4.98 Å². The summed E-state index contributed by atoms with van der Waals surface area (Å²) >= 11 is 0. The lowest BCUT2D eigenvalue weighted by atomic mass is 10.1. The first kappa shape index (κ1) is 23.2. The molecule has 0 atom stereocenters. The summed E-state index contributed by atoms with van der Waals surface area (Å²) in [5.74, 6) is 0.00370. The number of rotatable bonds is 7. The third kappa shape index (κ3) is 4.83. The van der Waals surface area contributed by atoms with Crippen LogP contribution in [0, 0.1) is 12.8 Å². The molecule has 174 valence electrons. The smallest absolute Gasteiger partial charge is 0.256 e. The molecule has 0 aliphatic heterocycles. The molecule has 7 nitrogen and oxygen atoms in total. The second kappa shape index (κ2) is 9.87. The molecule has 0 aliphatic carbocycles. The summed E-state index contributed by atoms with van der Waals surface area (Å²) in [5.41, 5.74) is 4.84. The lowest BCUT2D eigenvalue weighted by Crippen LogP contribution is -2.27. The minimum Gasteiger partial charge on any atom is -0.352 e. The van der Waals surface area contributed by atoms with Gasteiger partial charge in [-0.25, -0.2) is 9.67 Å². The molecule has 0 saturated heterocycles. The van der Waals surface area contributed by atoms with Crippen molar-refractivity contribution in [3.05, 3.63) is 77.5 Å². The molecule has 0 radical (unpaired) electrons. The third-order valence-electron chi connectivity index (χ3n) is 5.63. The van der Waals surface area contributed by atoms with Gasteiger partial charge in [0.05, 0.1) is 22.8 Å². The molecule has 0 aliphatic rings. The highest BCUT2D eigenvalue weighted by molar-refractivity contribution is 6.13. The van der Waals surface area contributed by atoms with Crippen LogP contribution in [0.15, 0.2) is 60.8 Å². The van der Waals surface area contributed by atoms with Gasteiger partial charge in [0, 0.05) is 29.9 Å². The standard InChI is InChI=1S/C27H29N5O2/c1-5-32-25-22(16-29-32)21(14-24(30-25)19-9-7-6-8-10-19)27(34)31-23-12-11-20(13-18(23)4)26(33)28-15-17(2)3/h6-14,16-17H,5,15H2,1-4H3,(H,28,33)(H,31,34). The van der Waals surface area contributed by atoms with Gasteiger partial charge in [0.2, 0.25) is 0 Å². The molecule has 2 heterocycles. The Kier molecular flexibility index (Phi) is 6.72. The Balaban J connectivity index is 1.65. The normalized spacial score (nSPS) is 11.1. The van der Waals surface area contributed by atoms with Crippen molar-refractivity contribution in [2.24, 2.45) is 5.92 Å². The van der Waals surface area contributed by atoms with Crippen LogP contribution in [0.3, 0.4) is 0 Å². The molecule has 2 aromatic carbocycles. The van der Waals surface area contributed by atoms with Crippen LogP contribution < -0.4 is 10.6 Å². The molecule has 0 bridgehead atoms. The van der Waals surface area contributed by atoms with Crippen molar-refractivity contribution in [3.63, 3.8) is 0 Å². The van der Waals surface area contributed by atoms with E-state index in [0.717, 1.165) is 11.1 Å². The van der Waals surface area contributed by atoms with E-state index in [1.54, 1.807) is 35.1 Å². The molecule has 2 amide bonds. The SMILES string of the molecule is CCn1ncc2c(C(=O)Nc3ccc(C(=O)NCC(C)C)cc3C)cc(-c3ccccc3)nc21. The number of amides is 2. The number of anilines is 1. The van der Waals surface area contributed by atoms with E-state index in [0.29, 0.717) is 52.5 Å². The Hall–Kier alpha value is -4.00. The van der Waals surface area contributed by atoms with Gasteiger partial charge >= 0.3 is 0 Å². The Morgan fingerprint density at radius 2 is 1.79 bits per heavy atom. The first-order chi connectivity index (χ1) is 16.4. The van der Waals surface area contributed by atoms with Crippen LogP contribution in [0.1, 0.15) is 47.1 Å². The van der Waals surface area contributed by atoms with Crippen molar-refractivity contribution in [2.45, 2.75) is 34.2 Å². The van der Waals surface area contributed by atoms with Crippen molar-refractivity contribution >= 4 is 28.5 Å². The molecule has 0 saturated carbocycles. The van der Waals surface area contributed by atoms with E-state index in [2.05, 4.69) is 15.7 Å². The number of carbonyl (C=O) groups excluding carboxylic acids is 2. The van der Waals surface area contributed by atoms with Crippen LogP contribution in [-0.2, 0) is 6.54 Å². The largest absolute Gasteiger partial charge is 0.352 e. The van der Waals surface area contributed by atoms with Gasteiger partial charge in [-0.05, 0) is 49.6 Å². The van der Waals surface area contributed by atoms with Crippen molar-refractivity contribution in [1.29, 1.82) is 0 Å². The second-order valence-corrected chi connectivity index (χ2v) is 8.71. The highest BCUT2D eigenvalue weighted by Gasteiger charge is 2.18. The van der Waals surface area contributed by atoms with Crippen molar-refractivity contribution in [2.75, 3.05) is 11.9 Å². The fraction of sp³-hybridized carbons (Fsp3) is 0.259. The predicted octanol–water partition coefficient (Wildman–Crippen LogP) is 5.06. The summed E-state index contributed by atoms with van der Waals surface area (Å²) in [6.45, 7) is 9.23. The highest BCUT2D eigenvalue weighted by Crippen LogP contribution is 2.26. The van der Waals surface area contributed by atoms with Gasteiger partial charge in [0.25, 0.3) is 11.8 Å². The van der Waals surface area contributed by atoms with Gasteiger partial charge in [0.15, 0.2) is 5.65 Å². The number of aromatic nitrogens is 3. The molecular formula is C27H29N5O2. The third-order valence-corrected chi connectivity index (χ3v) is 5.63. The van der Waals surface area contributed by atoms with Crippen LogP contribution in [0.2, 0.25) is 0 Å². The summed E-state index contributed by atoms with van der Waals surface area (Å²) in [6.07, 6.45) is 1.69. The minimum atomic E-state index is -0.250. The molecule has 34 heavy (non-hydrogen) atoms. The highest BCUT2D eigenvalue weighted by atomic mass is 16.2. The summed E-state index contributed by atoms with van der Waals surface area (Å²) in [5, 5.41) is 11.0. The monoisotopic (exact) mass is 455 g/mol. The number of benzene rings is 2. The minimum absolute atomic E-state index is 0.120. The first-order valence-corrected chi connectivity index (χ1v) is 11.5. The number of nitrogens with one attached hydrogen (secondary N) is 2. The summed E-state index contributed by atoms with van der Waals surface area (Å²) < 4.78 is 1.79. The number of pyridine rings is 1. The topological polar surface area (TPSA) is 88.9 Å². The van der Waals surface area contributed by atoms with E-state index >= 15 is 0 Å². The molecule has 0 spiro atoms. The first-order valence-electron chi connectivity index (χ1n) is 11.5. The number of hydrogen-bond donors (Lipinski definition) is 2. The Labute approximate surface area is 199 Å². The van der Waals surface area contributed by atoms with Crippen LogP contribution in [0.25, 0.3) is 22.3 Å². The van der Waals surface area contributed by atoms with E-state index in [9.17, 15) is 9.59 Å². The Morgan fingerprint density at radius 3 is 2.47 bits per heavy atom. The summed E-state index contributed by atoms with van der Waals surface area (Å²) in [6, 6.07) is 16.9. The average Bonchev–Trinajstić information content (AvgIpc) is 3.26.